The van der Waals surface area contributed by atoms with Crippen molar-refractivity contribution < 1.29 is 28.4 Å². The summed E-state index contributed by atoms with van der Waals surface area (Å²) in [6.45, 7) is 14.7. The van der Waals surface area contributed by atoms with Gasteiger partial charge in [0, 0.05) is 19.8 Å². The van der Waals surface area contributed by atoms with Crippen LogP contribution in [0.4, 0.5) is 0 Å². The molecule has 0 spiro atoms. The van der Waals surface area contributed by atoms with Crippen molar-refractivity contribution in [2.24, 2.45) is 0 Å². The molecule has 3 atom stereocenters. The maximum absolute atomic E-state index is 5.70. The van der Waals surface area contributed by atoms with Crippen LogP contribution >= 0.6 is 0 Å². The van der Waals surface area contributed by atoms with E-state index in [2.05, 4.69) is 10.2 Å². The average Bonchev–Trinajstić information content (AvgIpc) is 2.53. The van der Waals surface area contributed by atoms with Crippen LogP contribution in [-0.2, 0) is 28.4 Å². The zero-order chi connectivity index (χ0) is 18.4. The van der Waals surface area contributed by atoms with Crippen LogP contribution in [0.2, 0.25) is 0 Å². The Bertz CT molecular complexity index is 319. The quantitative estimate of drug-likeness (QED) is 0.330. The minimum Gasteiger partial charge on any atom is -0.494 e. The summed E-state index contributed by atoms with van der Waals surface area (Å²) < 4.78 is 33.4. The van der Waals surface area contributed by atoms with Gasteiger partial charge < -0.3 is 28.4 Å². The van der Waals surface area contributed by atoms with Crippen molar-refractivity contribution in [3.63, 3.8) is 0 Å². The summed E-state index contributed by atoms with van der Waals surface area (Å²) in [5, 5.41) is 0.397. The fourth-order valence-corrected chi connectivity index (χ4v) is 2.04. The van der Waals surface area contributed by atoms with Gasteiger partial charge in [-0.15, -0.1) is 0 Å². The number of hydrogen-bond acceptors (Lipinski definition) is 6. The topological polar surface area (TPSA) is 55.4 Å². The minimum absolute atomic E-state index is 0.0210. The first kappa shape index (κ1) is 23.2. The van der Waals surface area contributed by atoms with E-state index < -0.39 is 0 Å². The van der Waals surface area contributed by atoms with Crippen molar-refractivity contribution >= 4 is 10.2 Å². The monoisotopic (exact) mass is 361 g/mol. The van der Waals surface area contributed by atoms with Crippen LogP contribution in [0, 0.1) is 0 Å². The van der Waals surface area contributed by atoms with Crippen LogP contribution in [0.25, 0.3) is 0 Å². The second-order valence-corrected chi connectivity index (χ2v) is 5.80. The highest BCUT2D eigenvalue weighted by Crippen LogP contribution is 2.11. The van der Waals surface area contributed by atoms with Gasteiger partial charge in [0.25, 0.3) is 0 Å². The Morgan fingerprint density at radius 2 is 1.00 bits per heavy atom. The van der Waals surface area contributed by atoms with Gasteiger partial charge in [0.1, 0.15) is 35.4 Å². The van der Waals surface area contributed by atoms with Crippen LogP contribution in [0.3, 0.4) is 0 Å². The first-order valence-corrected chi connectivity index (χ1v) is 9.13. The predicted octanol–water partition coefficient (Wildman–Crippen LogP) is 2.61. The highest BCUT2D eigenvalue weighted by molar-refractivity contribution is 6.20. The zero-order valence-corrected chi connectivity index (χ0v) is 16.9. The molecule has 3 unspecified atom stereocenters. The van der Waals surface area contributed by atoms with E-state index in [9.17, 15) is 0 Å². The largest absolute Gasteiger partial charge is 0.494 e. The standard InChI is InChI=1S/C17H33O6Si/c1-7-18-13(4)10-21-16(22-11-14(5)19-8-2)17(24)23-12-15(6)20-9-3/h13-15H,7-12H2,1-6H3. The number of hydrogen-bond donors (Lipinski definition) is 0. The van der Waals surface area contributed by atoms with Crippen molar-refractivity contribution in [1.82, 2.24) is 0 Å². The SMILES string of the molecule is CCOC(C)COC([Si])=C(OCC(C)OCC)OCC(C)OCC. The molecule has 0 bridgehead atoms. The normalized spacial score (nSPS) is 14.6. The lowest BCUT2D eigenvalue weighted by Crippen LogP contribution is -2.22. The van der Waals surface area contributed by atoms with Gasteiger partial charge >= 0.3 is 5.95 Å². The third-order valence-corrected chi connectivity index (χ3v) is 3.25. The molecule has 0 aromatic rings. The van der Waals surface area contributed by atoms with Crippen molar-refractivity contribution in [3.8, 4) is 0 Å². The molecule has 0 heterocycles. The lowest BCUT2D eigenvalue weighted by Gasteiger charge is -2.21. The van der Waals surface area contributed by atoms with E-state index in [1.54, 1.807) is 0 Å². The van der Waals surface area contributed by atoms with E-state index in [1.807, 2.05) is 41.5 Å². The zero-order valence-electron chi connectivity index (χ0n) is 15.9. The second kappa shape index (κ2) is 14.6. The fourth-order valence-electron chi connectivity index (χ4n) is 1.82. The first-order chi connectivity index (χ1) is 11.4. The summed E-state index contributed by atoms with van der Waals surface area (Å²) in [5.74, 6) is 0.286. The molecule has 24 heavy (non-hydrogen) atoms. The van der Waals surface area contributed by atoms with E-state index in [0.29, 0.717) is 45.0 Å². The average molecular weight is 362 g/mol. The van der Waals surface area contributed by atoms with Gasteiger partial charge in [0.15, 0.2) is 0 Å². The summed E-state index contributed by atoms with van der Waals surface area (Å²) in [6, 6.07) is 0. The second-order valence-electron chi connectivity index (χ2n) is 5.35. The van der Waals surface area contributed by atoms with E-state index in [1.165, 1.54) is 0 Å². The third-order valence-electron chi connectivity index (χ3n) is 2.90. The highest BCUT2D eigenvalue weighted by Gasteiger charge is 2.14. The summed E-state index contributed by atoms with van der Waals surface area (Å²) in [7, 11) is 3.43. The molecule has 3 radical (unpaired) electrons. The Labute approximate surface area is 150 Å². The van der Waals surface area contributed by atoms with E-state index in [0.717, 1.165) is 0 Å². The van der Waals surface area contributed by atoms with Gasteiger partial charge in [-0.2, -0.15) is 0 Å². The molecule has 0 aromatic carbocycles. The molecule has 0 amide bonds. The van der Waals surface area contributed by atoms with Gasteiger partial charge in [-0.05, 0) is 41.5 Å². The summed E-state index contributed by atoms with van der Waals surface area (Å²) in [5.41, 5.74) is 0. The van der Waals surface area contributed by atoms with Crippen LogP contribution in [-0.4, -0.2) is 68.2 Å². The van der Waals surface area contributed by atoms with Crippen LogP contribution in [0.1, 0.15) is 41.5 Å². The lowest BCUT2D eigenvalue weighted by molar-refractivity contribution is -0.0611. The smallest absolute Gasteiger partial charge is 0.312 e. The van der Waals surface area contributed by atoms with Crippen LogP contribution < -0.4 is 0 Å². The Balaban J connectivity index is 4.64. The molecule has 0 saturated heterocycles. The van der Waals surface area contributed by atoms with E-state index >= 15 is 0 Å². The molecule has 7 heteroatoms. The van der Waals surface area contributed by atoms with Crippen LogP contribution in [0.5, 0.6) is 0 Å². The molecule has 0 fully saturated rings. The Kier molecular flexibility index (Phi) is 14.1. The summed E-state index contributed by atoms with van der Waals surface area (Å²) in [4.78, 5) is 0. The first-order valence-electron chi connectivity index (χ1n) is 8.63. The van der Waals surface area contributed by atoms with Crippen molar-refractivity contribution in [3.05, 3.63) is 11.3 Å². The van der Waals surface area contributed by atoms with Crippen molar-refractivity contribution in [1.29, 1.82) is 0 Å². The molecule has 6 nitrogen and oxygen atoms in total. The predicted molar refractivity (Wildman–Crippen MR) is 93.9 cm³/mol. The lowest BCUT2D eigenvalue weighted by atomic mass is 10.4. The van der Waals surface area contributed by atoms with Crippen molar-refractivity contribution in [2.45, 2.75) is 59.9 Å². The molecule has 0 aliphatic carbocycles. The van der Waals surface area contributed by atoms with Gasteiger partial charge in [-0.25, -0.2) is 0 Å². The van der Waals surface area contributed by atoms with Gasteiger partial charge in [0.05, 0.1) is 18.3 Å². The van der Waals surface area contributed by atoms with Crippen LogP contribution in [0.15, 0.2) is 11.3 Å². The molecule has 0 rings (SSSR count). The van der Waals surface area contributed by atoms with E-state index in [-0.39, 0.29) is 24.3 Å². The van der Waals surface area contributed by atoms with Crippen molar-refractivity contribution in [2.75, 3.05) is 39.6 Å². The molecule has 0 saturated carbocycles. The summed E-state index contributed by atoms with van der Waals surface area (Å²) >= 11 is 0. The molecule has 141 valence electrons. The maximum Gasteiger partial charge on any atom is 0.312 e. The highest BCUT2D eigenvalue weighted by atomic mass is 28.1. The third kappa shape index (κ3) is 11.7. The van der Waals surface area contributed by atoms with Gasteiger partial charge in [-0.3, -0.25) is 0 Å². The Morgan fingerprint density at radius 1 is 0.667 bits per heavy atom. The number of rotatable bonds is 15. The molecular weight excluding hydrogens is 328 g/mol. The Hall–Kier alpha value is -0.763. The molecular formula is C17H33O6Si. The molecule has 0 aliphatic heterocycles. The molecule has 0 N–H and O–H groups in total. The molecule has 0 aliphatic rings. The Morgan fingerprint density at radius 3 is 1.33 bits per heavy atom. The maximum atomic E-state index is 5.70. The van der Waals surface area contributed by atoms with Gasteiger partial charge in [-0.1, -0.05) is 0 Å². The minimum atomic E-state index is -0.0419. The van der Waals surface area contributed by atoms with E-state index in [4.69, 9.17) is 28.4 Å². The summed E-state index contributed by atoms with van der Waals surface area (Å²) in [6.07, 6.45) is -0.105. The molecule has 0 aromatic heterocycles. The van der Waals surface area contributed by atoms with Gasteiger partial charge in [0.2, 0.25) is 0 Å². The fraction of sp³-hybridized carbons (Fsp3) is 0.882. The number of ether oxygens (including phenoxy) is 6.